The van der Waals surface area contributed by atoms with Crippen LogP contribution in [0.2, 0.25) is 0 Å². The first-order chi connectivity index (χ1) is 12.2. The van der Waals surface area contributed by atoms with Gasteiger partial charge in [-0.15, -0.1) is 0 Å². The fourth-order valence-corrected chi connectivity index (χ4v) is 2.30. The SMILES string of the molecule is CN(Cc1cnn(-c2ccccc2)c1)C(=O)CCNC(=O)OC(C)(C)C. The van der Waals surface area contributed by atoms with Crippen LogP contribution in [0.5, 0.6) is 0 Å². The number of aromatic nitrogens is 2. The minimum atomic E-state index is -0.552. The van der Waals surface area contributed by atoms with Gasteiger partial charge in [0.05, 0.1) is 11.9 Å². The highest BCUT2D eigenvalue weighted by Gasteiger charge is 2.16. The van der Waals surface area contributed by atoms with Crippen LogP contribution in [0.1, 0.15) is 32.8 Å². The maximum atomic E-state index is 12.2. The number of hydrogen-bond donors (Lipinski definition) is 1. The molecule has 1 aromatic carbocycles. The molecule has 2 aromatic rings. The van der Waals surface area contributed by atoms with Crippen LogP contribution in [-0.4, -0.2) is 45.9 Å². The molecule has 2 rings (SSSR count). The number of carbonyl (C=O) groups excluding carboxylic acids is 2. The molecule has 26 heavy (non-hydrogen) atoms. The summed E-state index contributed by atoms with van der Waals surface area (Å²) in [4.78, 5) is 25.4. The quantitative estimate of drug-likeness (QED) is 0.861. The van der Waals surface area contributed by atoms with Crippen molar-refractivity contribution in [3.63, 3.8) is 0 Å². The first kappa shape index (κ1) is 19.5. The molecule has 0 aliphatic carbocycles. The van der Waals surface area contributed by atoms with E-state index in [0.29, 0.717) is 6.54 Å². The summed E-state index contributed by atoms with van der Waals surface area (Å²) in [6.45, 7) is 6.07. The van der Waals surface area contributed by atoms with Gasteiger partial charge in [-0.05, 0) is 32.9 Å². The van der Waals surface area contributed by atoms with Crippen LogP contribution < -0.4 is 5.32 Å². The predicted molar refractivity (Wildman–Crippen MR) is 98.9 cm³/mol. The number of nitrogens with one attached hydrogen (secondary N) is 1. The van der Waals surface area contributed by atoms with Gasteiger partial charge in [0.1, 0.15) is 5.60 Å². The summed E-state index contributed by atoms with van der Waals surface area (Å²) in [5, 5.41) is 6.91. The third kappa shape index (κ3) is 6.23. The Morgan fingerprint density at radius 1 is 1.23 bits per heavy atom. The summed E-state index contributed by atoms with van der Waals surface area (Å²) >= 11 is 0. The Morgan fingerprint density at radius 2 is 1.92 bits per heavy atom. The number of ether oxygens (including phenoxy) is 1. The van der Waals surface area contributed by atoms with Gasteiger partial charge in [-0.3, -0.25) is 4.79 Å². The second-order valence-electron chi connectivity index (χ2n) is 7.06. The van der Waals surface area contributed by atoms with Crippen molar-refractivity contribution < 1.29 is 14.3 Å². The van der Waals surface area contributed by atoms with Crippen molar-refractivity contribution in [1.82, 2.24) is 20.0 Å². The normalized spacial score (nSPS) is 11.1. The molecule has 0 saturated heterocycles. The van der Waals surface area contributed by atoms with Crippen LogP contribution in [0, 0.1) is 0 Å². The summed E-state index contributed by atoms with van der Waals surface area (Å²) in [7, 11) is 1.73. The number of carbonyl (C=O) groups is 2. The fraction of sp³-hybridized carbons (Fsp3) is 0.421. The lowest BCUT2D eigenvalue weighted by atomic mass is 10.2. The summed E-state index contributed by atoms with van der Waals surface area (Å²) in [5.74, 6) is -0.0616. The van der Waals surface area contributed by atoms with Crippen LogP contribution in [0.3, 0.4) is 0 Å². The number of nitrogens with zero attached hydrogens (tertiary/aromatic N) is 3. The maximum absolute atomic E-state index is 12.2. The second kappa shape index (κ2) is 8.51. The molecule has 0 aliphatic heterocycles. The van der Waals surface area contributed by atoms with Crippen molar-refractivity contribution in [2.24, 2.45) is 0 Å². The molecule has 0 saturated carbocycles. The summed E-state index contributed by atoms with van der Waals surface area (Å²) < 4.78 is 6.91. The zero-order valence-corrected chi connectivity index (χ0v) is 15.7. The molecule has 0 atom stereocenters. The Kier molecular flexibility index (Phi) is 6.38. The topological polar surface area (TPSA) is 76.5 Å². The molecule has 0 aliphatic rings. The Balaban J connectivity index is 1.79. The van der Waals surface area contributed by atoms with E-state index >= 15 is 0 Å². The van der Waals surface area contributed by atoms with Crippen LogP contribution in [0.15, 0.2) is 42.7 Å². The van der Waals surface area contributed by atoms with E-state index < -0.39 is 11.7 Å². The Bertz CT molecular complexity index is 735. The van der Waals surface area contributed by atoms with Gasteiger partial charge >= 0.3 is 6.09 Å². The molecule has 7 heteroatoms. The average molecular weight is 358 g/mol. The molecule has 7 nitrogen and oxygen atoms in total. The first-order valence-corrected chi connectivity index (χ1v) is 8.54. The minimum absolute atomic E-state index is 0.0616. The van der Waals surface area contributed by atoms with Crippen LogP contribution in [0.25, 0.3) is 5.69 Å². The summed E-state index contributed by atoms with van der Waals surface area (Å²) in [6.07, 6.45) is 3.34. The summed E-state index contributed by atoms with van der Waals surface area (Å²) in [5.41, 5.74) is 1.35. The lowest BCUT2D eigenvalue weighted by Gasteiger charge is -2.20. The van der Waals surface area contributed by atoms with E-state index in [9.17, 15) is 9.59 Å². The van der Waals surface area contributed by atoms with Gasteiger partial charge < -0.3 is 15.0 Å². The Labute approximate surface area is 153 Å². The van der Waals surface area contributed by atoms with Crippen LogP contribution in [-0.2, 0) is 16.1 Å². The minimum Gasteiger partial charge on any atom is -0.444 e. The van der Waals surface area contributed by atoms with E-state index in [2.05, 4.69) is 10.4 Å². The van der Waals surface area contributed by atoms with E-state index in [4.69, 9.17) is 4.74 Å². The number of para-hydroxylation sites is 1. The van der Waals surface area contributed by atoms with Gasteiger partial charge in [-0.25, -0.2) is 9.48 Å². The largest absolute Gasteiger partial charge is 0.444 e. The molecular formula is C19H26N4O3. The standard InChI is InChI=1S/C19H26N4O3/c1-19(2,3)26-18(25)20-11-10-17(24)22(4)13-15-12-21-23(14-15)16-8-6-5-7-9-16/h5-9,12,14H,10-11,13H2,1-4H3,(H,20,25). The highest BCUT2D eigenvalue weighted by molar-refractivity contribution is 5.77. The molecule has 140 valence electrons. The molecule has 0 spiro atoms. The molecule has 0 bridgehead atoms. The van der Waals surface area contributed by atoms with E-state index in [-0.39, 0.29) is 18.9 Å². The molecule has 1 aromatic heterocycles. The lowest BCUT2D eigenvalue weighted by Crippen LogP contribution is -2.35. The third-order valence-electron chi connectivity index (χ3n) is 3.51. The first-order valence-electron chi connectivity index (χ1n) is 8.54. The van der Waals surface area contributed by atoms with Crippen LogP contribution >= 0.6 is 0 Å². The van der Waals surface area contributed by atoms with Crippen molar-refractivity contribution >= 4 is 12.0 Å². The fourth-order valence-electron chi connectivity index (χ4n) is 2.30. The van der Waals surface area contributed by atoms with Gasteiger partial charge in [-0.2, -0.15) is 5.10 Å². The molecule has 0 radical (unpaired) electrons. The van der Waals surface area contributed by atoms with Gasteiger partial charge in [0.2, 0.25) is 5.91 Å². The maximum Gasteiger partial charge on any atom is 0.407 e. The predicted octanol–water partition coefficient (Wildman–Crippen LogP) is 2.75. The van der Waals surface area contributed by atoms with Crippen LogP contribution in [0.4, 0.5) is 4.79 Å². The molecule has 0 fully saturated rings. The number of alkyl carbamates (subject to hydrolysis) is 1. The van der Waals surface area contributed by atoms with E-state index in [1.807, 2.05) is 36.5 Å². The number of amides is 2. The smallest absolute Gasteiger partial charge is 0.407 e. The monoisotopic (exact) mass is 358 g/mol. The molecule has 1 N–H and O–H groups in total. The summed E-state index contributed by atoms with van der Waals surface area (Å²) in [6, 6.07) is 9.78. The van der Waals surface area contributed by atoms with Gasteiger partial charge in [0.15, 0.2) is 0 Å². The molecule has 0 unspecified atom stereocenters. The number of rotatable bonds is 6. The number of benzene rings is 1. The molecule has 1 heterocycles. The van der Waals surface area contributed by atoms with Gasteiger partial charge in [0, 0.05) is 38.3 Å². The van der Waals surface area contributed by atoms with Crippen molar-refractivity contribution in [1.29, 1.82) is 0 Å². The zero-order valence-electron chi connectivity index (χ0n) is 15.7. The third-order valence-corrected chi connectivity index (χ3v) is 3.51. The molecule has 2 amide bonds. The van der Waals surface area contributed by atoms with E-state index in [1.54, 1.807) is 43.6 Å². The zero-order chi connectivity index (χ0) is 19.2. The van der Waals surface area contributed by atoms with Crippen molar-refractivity contribution in [2.45, 2.75) is 39.3 Å². The number of hydrogen-bond acceptors (Lipinski definition) is 4. The van der Waals surface area contributed by atoms with Crippen molar-refractivity contribution in [3.05, 3.63) is 48.3 Å². The highest BCUT2D eigenvalue weighted by atomic mass is 16.6. The van der Waals surface area contributed by atoms with Gasteiger partial charge in [0.25, 0.3) is 0 Å². The Morgan fingerprint density at radius 3 is 2.58 bits per heavy atom. The van der Waals surface area contributed by atoms with E-state index in [0.717, 1.165) is 11.3 Å². The lowest BCUT2D eigenvalue weighted by molar-refractivity contribution is -0.130. The second-order valence-corrected chi connectivity index (χ2v) is 7.06. The average Bonchev–Trinajstić information content (AvgIpc) is 3.02. The highest BCUT2D eigenvalue weighted by Crippen LogP contribution is 2.10. The van der Waals surface area contributed by atoms with E-state index in [1.165, 1.54) is 0 Å². The molecular weight excluding hydrogens is 332 g/mol. The van der Waals surface area contributed by atoms with Crippen molar-refractivity contribution in [2.75, 3.05) is 13.6 Å². The van der Waals surface area contributed by atoms with Gasteiger partial charge in [-0.1, -0.05) is 18.2 Å². The Hall–Kier alpha value is -2.83. The van der Waals surface area contributed by atoms with Crippen molar-refractivity contribution in [3.8, 4) is 5.69 Å².